The topological polar surface area (TPSA) is 82.8 Å². The van der Waals surface area contributed by atoms with E-state index < -0.39 is 0 Å². The van der Waals surface area contributed by atoms with E-state index in [1.165, 1.54) is 4.90 Å². The van der Waals surface area contributed by atoms with Crippen LogP contribution in [-0.2, 0) is 9.32 Å². The molecule has 0 aliphatic carbocycles. The van der Waals surface area contributed by atoms with Crippen LogP contribution in [0.3, 0.4) is 0 Å². The number of hydrogen-bond acceptors (Lipinski definition) is 7. The van der Waals surface area contributed by atoms with Crippen LogP contribution in [0.5, 0.6) is 11.5 Å². The standard InChI is InChI=1S/C16H18N2O4S2/c1-10-8-11(4-7-15(10)23-3)20-14-6-5-12(24-22-21-17)9-13(14)16(19)18-2/h4-9H,17H2,1-3H3,(H,18,19). The highest BCUT2D eigenvalue weighted by molar-refractivity contribution is 7.98. The summed E-state index contributed by atoms with van der Waals surface area (Å²) in [7, 11) is 1.56. The highest BCUT2D eigenvalue weighted by atomic mass is 32.2. The van der Waals surface area contributed by atoms with Crippen LogP contribution in [0.25, 0.3) is 0 Å². The lowest BCUT2D eigenvalue weighted by molar-refractivity contribution is -0.195. The van der Waals surface area contributed by atoms with Crippen molar-refractivity contribution in [3.8, 4) is 11.5 Å². The number of nitrogens with two attached hydrogens (primary N) is 1. The van der Waals surface area contributed by atoms with Crippen LogP contribution in [0.15, 0.2) is 46.2 Å². The molecule has 0 atom stereocenters. The van der Waals surface area contributed by atoms with Gasteiger partial charge in [0.2, 0.25) is 0 Å². The smallest absolute Gasteiger partial charge is 0.254 e. The van der Waals surface area contributed by atoms with Gasteiger partial charge in [-0.05, 0) is 55.1 Å². The number of rotatable bonds is 7. The zero-order chi connectivity index (χ0) is 17.5. The van der Waals surface area contributed by atoms with Gasteiger partial charge in [0, 0.05) is 16.8 Å². The molecule has 0 bridgehead atoms. The summed E-state index contributed by atoms with van der Waals surface area (Å²) in [5, 5.41) is 2.59. The third-order valence-corrected chi connectivity index (χ3v) is 4.68. The molecular formula is C16H18N2O4S2. The quantitative estimate of drug-likeness (QED) is 0.335. The Bertz CT molecular complexity index is 725. The SMILES string of the molecule is CNC(=O)c1cc(SOON)ccc1Oc1ccc(SC)c(C)c1. The second kappa shape index (κ2) is 8.95. The number of carbonyl (C=O) groups is 1. The third-order valence-electron chi connectivity index (χ3n) is 3.19. The molecular weight excluding hydrogens is 348 g/mol. The van der Waals surface area contributed by atoms with Gasteiger partial charge in [0.05, 0.1) is 17.6 Å². The van der Waals surface area contributed by atoms with Crippen molar-refractivity contribution in [3.63, 3.8) is 0 Å². The summed E-state index contributed by atoms with van der Waals surface area (Å²) < 4.78 is 10.5. The van der Waals surface area contributed by atoms with Crippen molar-refractivity contribution in [2.45, 2.75) is 16.7 Å². The lowest BCUT2D eigenvalue weighted by Gasteiger charge is -2.13. The van der Waals surface area contributed by atoms with Crippen molar-refractivity contribution in [1.82, 2.24) is 5.32 Å². The maximum Gasteiger partial charge on any atom is 0.254 e. The van der Waals surface area contributed by atoms with E-state index in [1.807, 2.05) is 31.4 Å². The summed E-state index contributed by atoms with van der Waals surface area (Å²) in [6.07, 6.45) is 2.02. The van der Waals surface area contributed by atoms with Gasteiger partial charge in [-0.3, -0.25) is 4.79 Å². The van der Waals surface area contributed by atoms with E-state index in [9.17, 15) is 4.79 Å². The van der Waals surface area contributed by atoms with E-state index in [4.69, 9.17) is 10.6 Å². The molecule has 2 aromatic carbocycles. The zero-order valence-electron chi connectivity index (χ0n) is 13.5. The first-order valence-corrected chi connectivity index (χ1v) is 8.94. The van der Waals surface area contributed by atoms with Gasteiger partial charge in [-0.1, -0.05) is 0 Å². The summed E-state index contributed by atoms with van der Waals surface area (Å²) in [6.45, 7) is 2.02. The Morgan fingerprint density at radius 1 is 1.21 bits per heavy atom. The Morgan fingerprint density at radius 3 is 2.62 bits per heavy atom. The van der Waals surface area contributed by atoms with Gasteiger partial charge in [-0.15, -0.1) is 21.1 Å². The van der Waals surface area contributed by atoms with Gasteiger partial charge in [0.15, 0.2) is 0 Å². The Labute approximate surface area is 149 Å². The summed E-state index contributed by atoms with van der Waals surface area (Å²) >= 11 is 2.57. The van der Waals surface area contributed by atoms with Crippen LogP contribution in [0.2, 0.25) is 0 Å². The average molecular weight is 366 g/mol. The summed E-state index contributed by atoms with van der Waals surface area (Å²) in [4.78, 5) is 18.0. The molecule has 2 rings (SSSR count). The van der Waals surface area contributed by atoms with Crippen LogP contribution in [0.4, 0.5) is 0 Å². The predicted octanol–water partition coefficient (Wildman–Crippen LogP) is 3.70. The van der Waals surface area contributed by atoms with Gasteiger partial charge in [0.1, 0.15) is 11.5 Å². The molecule has 0 spiro atoms. The number of hydrogen-bond donors (Lipinski definition) is 2. The van der Waals surface area contributed by atoms with E-state index in [0.29, 0.717) is 22.0 Å². The average Bonchev–Trinajstić information content (AvgIpc) is 2.60. The Hall–Kier alpha value is -1.71. The second-order valence-electron chi connectivity index (χ2n) is 4.72. The van der Waals surface area contributed by atoms with Gasteiger partial charge in [-0.2, -0.15) is 5.90 Å². The molecule has 0 unspecified atom stereocenters. The zero-order valence-corrected chi connectivity index (χ0v) is 15.1. The maximum atomic E-state index is 12.1. The molecule has 0 heterocycles. The van der Waals surface area contributed by atoms with Gasteiger partial charge < -0.3 is 10.1 Å². The van der Waals surface area contributed by atoms with E-state index in [1.54, 1.807) is 37.0 Å². The largest absolute Gasteiger partial charge is 0.457 e. The summed E-state index contributed by atoms with van der Waals surface area (Å²) in [5.41, 5.74) is 1.50. The first kappa shape index (κ1) is 18.6. The molecule has 0 fully saturated rings. The predicted molar refractivity (Wildman–Crippen MR) is 95.1 cm³/mol. The van der Waals surface area contributed by atoms with Gasteiger partial charge >= 0.3 is 0 Å². The van der Waals surface area contributed by atoms with Gasteiger partial charge in [0.25, 0.3) is 5.91 Å². The van der Waals surface area contributed by atoms with Crippen molar-refractivity contribution >= 4 is 29.7 Å². The fourth-order valence-electron chi connectivity index (χ4n) is 2.06. The van der Waals surface area contributed by atoms with E-state index in [-0.39, 0.29) is 5.91 Å². The number of ether oxygens (including phenoxy) is 1. The highest BCUT2D eigenvalue weighted by Crippen LogP contribution is 2.32. The minimum atomic E-state index is -0.265. The lowest BCUT2D eigenvalue weighted by atomic mass is 10.2. The van der Waals surface area contributed by atoms with Crippen LogP contribution in [-0.4, -0.2) is 19.2 Å². The minimum absolute atomic E-state index is 0.265. The number of benzene rings is 2. The Kier molecular flexibility index (Phi) is 6.95. The molecule has 0 aromatic heterocycles. The van der Waals surface area contributed by atoms with E-state index in [2.05, 4.69) is 14.6 Å². The molecule has 0 radical (unpaired) electrons. The van der Waals surface area contributed by atoms with Crippen LogP contribution in [0, 0.1) is 6.92 Å². The van der Waals surface area contributed by atoms with Crippen molar-refractivity contribution in [2.75, 3.05) is 13.3 Å². The fourth-order valence-corrected chi connectivity index (χ4v) is 3.05. The van der Waals surface area contributed by atoms with Crippen LogP contribution < -0.4 is 16.0 Å². The maximum absolute atomic E-state index is 12.1. The molecule has 6 nitrogen and oxygen atoms in total. The third kappa shape index (κ3) is 4.65. The number of carbonyl (C=O) groups excluding carboxylic acids is 1. The molecule has 8 heteroatoms. The van der Waals surface area contributed by atoms with Crippen LogP contribution >= 0.6 is 23.8 Å². The lowest BCUT2D eigenvalue weighted by Crippen LogP contribution is -2.18. The number of aryl methyl sites for hydroxylation is 1. The molecule has 2 aromatic rings. The normalized spacial score (nSPS) is 10.5. The summed E-state index contributed by atoms with van der Waals surface area (Å²) in [6, 6.07) is 10.9. The molecule has 0 aliphatic rings. The van der Waals surface area contributed by atoms with Crippen molar-refractivity contribution in [2.24, 2.45) is 5.90 Å². The van der Waals surface area contributed by atoms with Crippen molar-refractivity contribution in [1.29, 1.82) is 0 Å². The minimum Gasteiger partial charge on any atom is -0.457 e. The van der Waals surface area contributed by atoms with Gasteiger partial charge in [-0.25, -0.2) is 0 Å². The molecule has 3 N–H and O–H groups in total. The fraction of sp³-hybridized carbons (Fsp3) is 0.188. The Morgan fingerprint density at radius 2 is 2.00 bits per heavy atom. The van der Waals surface area contributed by atoms with E-state index >= 15 is 0 Å². The highest BCUT2D eigenvalue weighted by Gasteiger charge is 2.14. The second-order valence-corrected chi connectivity index (χ2v) is 6.34. The first-order chi connectivity index (χ1) is 11.6. The molecule has 0 saturated carbocycles. The Balaban J connectivity index is 2.31. The van der Waals surface area contributed by atoms with Crippen molar-refractivity contribution in [3.05, 3.63) is 47.5 Å². The molecule has 0 aliphatic heterocycles. The molecule has 0 saturated heterocycles. The number of amides is 1. The molecule has 128 valence electrons. The first-order valence-electron chi connectivity index (χ1n) is 6.97. The molecule has 24 heavy (non-hydrogen) atoms. The van der Waals surface area contributed by atoms with E-state index in [0.717, 1.165) is 17.6 Å². The number of thioether (sulfide) groups is 1. The monoisotopic (exact) mass is 366 g/mol. The summed E-state index contributed by atoms with van der Waals surface area (Å²) in [5.74, 6) is 5.67. The van der Waals surface area contributed by atoms with Crippen molar-refractivity contribution < 1.29 is 18.9 Å². The molecule has 1 amide bonds. The number of nitrogens with one attached hydrogen (secondary N) is 1. The van der Waals surface area contributed by atoms with Crippen LogP contribution in [0.1, 0.15) is 15.9 Å².